The molecule has 1 aromatic rings. The summed E-state index contributed by atoms with van der Waals surface area (Å²) in [5.74, 6) is 2.55. The van der Waals surface area contributed by atoms with E-state index < -0.39 is 0 Å². The number of rotatable bonds is 5. The monoisotopic (exact) mass is 496 g/mol. The van der Waals surface area contributed by atoms with Crippen LogP contribution in [0.15, 0.2) is 36.9 Å². The Labute approximate surface area is 162 Å². The van der Waals surface area contributed by atoms with E-state index in [2.05, 4.69) is 37.8 Å². The predicted molar refractivity (Wildman–Crippen MR) is 97.8 cm³/mol. The van der Waals surface area contributed by atoms with E-state index in [1.807, 2.05) is 6.08 Å². The van der Waals surface area contributed by atoms with Gasteiger partial charge in [-0.05, 0) is 75.2 Å². The fraction of sp³-hybridized carbons (Fsp3) is 0.636. The van der Waals surface area contributed by atoms with Crippen LogP contribution in [0.2, 0.25) is 0 Å². The molecule has 1 aliphatic heterocycles. The van der Waals surface area contributed by atoms with E-state index in [1.54, 1.807) is 5.56 Å². The average molecular weight is 496 g/mol. The molecule has 1 aliphatic carbocycles. The molecule has 2 heteroatoms. The zero-order valence-corrected chi connectivity index (χ0v) is 18.0. The molecule has 24 heavy (non-hydrogen) atoms. The summed E-state index contributed by atoms with van der Waals surface area (Å²) in [4.78, 5) is 0. The molecule has 2 aliphatic rings. The summed E-state index contributed by atoms with van der Waals surface area (Å²) in [6.45, 7) is 6.97. The minimum atomic E-state index is 0. The third kappa shape index (κ3) is 5.57. The van der Waals surface area contributed by atoms with Crippen molar-refractivity contribution in [2.45, 2.75) is 70.3 Å². The Morgan fingerprint density at radius 1 is 0.958 bits per heavy atom. The van der Waals surface area contributed by atoms with Crippen molar-refractivity contribution in [1.82, 2.24) is 0 Å². The Kier molecular flexibility index (Phi) is 8.24. The Bertz CT molecular complexity index is 479. The molecule has 0 radical (unpaired) electrons. The van der Waals surface area contributed by atoms with E-state index in [0.29, 0.717) is 6.10 Å². The molecule has 2 atom stereocenters. The van der Waals surface area contributed by atoms with Gasteiger partial charge in [0.15, 0.2) is 0 Å². The first kappa shape index (κ1) is 19.9. The van der Waals surface area contributed by atoms with Gasteiger partial charge in [0.2, 0.25) is 0 Å². The summed E-state index contributed by atoms with van der Waals surface area (Å²) < 4.78 is 5.85. The zero-order valence-electron chi connectivity index (χ0n) is 15.1. The van der Waals surface area contributed by atoms with Crippen LogP contribution in [0.25, 0.3) is 0 Å². The molecule has 132 valence electrons. The molecule has 2 unspecified atom stereocenters. The molecule has 3 rings (SSSR count). The normalized spacial score (nSPS) is 30.4. The van der Waals surface area contributed by atoms with Gasteiger partial charge in [0, 0.05) is 21.1 Å². The Balaban J connectivity index is 0.00000208. The third-order valence-electron chi connectivity index (χ3n) is 6.05. The Hall–Kier alpha value is -0.392. The molecular formula is C22H32OW. The minimum absolute atomic E-state index is 0. The molecular weight excluding hydrogens is 464 g/mol. The van der Waals surface area contributed by atoms with E-state index in [9.17, 15) is 0 Å². The topological polar surface area (TPSA) is 9.23 Å². The first-order chi connectivity index (χ1) is 11.2. The summed E-state index contributed by atoms with van der Waals surface area (Å²) in [7, 11) is 0. The van der Waals surface area contributed by atoms with E-state index in [-0.39, 0.29) is 21.1 Å². The summed E-state index contributed by atoms with van der Waals surface area (Å²) in [6, 6.07) is 9.22. The Morgan fingerprint density at radius 2 is 1.58 bits per heavy atom. The number of benzene rings is 1. The first-order valence-corrected chi connectivity index (χ1v) is 9.55. The molecule has 0 spiro atoms. The van der Waals surface area contributed by atoms with Crippen molar-refractivity contribution >= 4 is 0 Å². The minimum Gasteiger partial charge on any atom is -0.374 e. The smallest absolute Gasteiger partial charge is 0.0753 e. The van der Waals surface area contributed by atoms with Gasteiger partial charge in [0.05, 0.1) is 12.7 Å². The van der Waals surface area contributed by atoms with Gasteiger partial charge in [0.1, 0.15) is 0 Å². The maximum atomic E-state index is 5.85. The second-order valence-electron chi connectivity index (χ2n) is 7.76. The summed E-state index contributed by atoms with van der Waals surface area (Å²) in [5, 5.41) is 0. The Morgan fingerprint density at radius 3 is 2.17 bits per heavy atom. The van der Waals surface area contributed by atoms with Crippen molar-refractivity contribution < 1.29 is 25.8 Å². The molecule has 1 aromatic carbocycles. The SMILES string of the molecule is C=CC1CCC(CCC2CCC(c3ccc(C)cc3)CC2)CO1.[W]. The summed E-state index contributed by atoms with van der Waals surface area (Å²) >= 11 is 0. The standard InChI is InChI=1S/C22H32O.W/c1-3-22-15-10-19(16-23-22)7-6-18-8-13-21(14-9-18)20-11-4-17(2)5-12-20;/h3-5,11-12,18-19,21-22H,1,6-10,13-16H2,2H3;. The maximum absolute atomic E-state index is 5.85. The zero-order chi connectivity index (χ0) is 16.1. The molecule has 0 N–H and O–H groups in total. The van der Waals surface area contributed by atoms with Gasteiger partial charge in [-0.3, -0.25) is 0 Å². The van der Waals surface area contributed by atoms with Crippen molar-refractivity contribution in [2.24, 2.45) is 11.8 Å². The second kappa shape index (κ2) is 9.93. The molecule has 0 bridgehead atoms. The van der Waals surface area contributed by atoms with Crippen molar-refractivity contribution in [2.75, 3.05) is 6.61 Å². The number of hydrogen-bond donors (Lipinski definition) is 0. The van der Waals surface area contributed by atoms with Crippen LogP contribution in [0, 0.1) is 18.8 Å². The van der Waals surface area contributed by atoms with Gasteiger partial charge in [-0.25, -0.2) is 0 Å². The van der Waals surface area contributed by atoms with Gasteiger partial charge in [-0.1, -0.05) is 42.3 Å². The maximum Gasteiger partial charge on any atom is 0.0753 e. The molecule has 2 fully saturated rings. The fourth-order valence-electron chi connectivity index (χ4n) is 4.33. The van der Waals surface area contributed by atoms with Crippen LogP contribution >= 0.6 is 0 Å². The van der Waals surface area contributed by atoms with Crippen molar-refractivity contribution in [3.8, 4) is 0 Å². The molecule has 1 heterocycles. The van der Waals surface area contributed by atoms with Crippen LogP contribution in [-0.4, -0.2) is 12.7 Å². The quantitative estimate of drug-likeness (QED) is 0.453. The van der Waals surface area contributed by atoms with Gasteiger partial charge < -0.3 is 4.74 Å². The molecule has 0 aromatic heterocycles. The van der Waals surface area contributed by atoms with E-state index in [4.69, 9.17) is 4.74 Å². The third-order valence-corrected chi connectivity index (χ3v) is 6.05. The van der Waals surface area contributed by atoms with Crippen LogP contribution in [0.3, 0.4) is 0 Å². The van der Waals surface area contributed by atoms with Crippen LogP contribution in [-0.2, 0) is 25.8 Å². The number of hydrogen-bond acceptors (Lipinski definition) is 1. The van der Waals surface area contributed by atoms with Crippen LogP contribution in [0.4, 0.5) is 0 Å². The van der Waals surface area contributed by atoms with Gasteiger partial charge in [-0.15, -0.1) is 6.58 Å². The molecule has 1 nitrogen and oxygen atoms in total. The largest absolute Gasteiger partial charge is 0.374 e. The van der Waals surface area contributed by atoms with Gasteiger partial charge >= 0.3 is 0 Å². The first-order valence-electron chi connectivity index (χ1n) is 9.55. The van der Waals surface area contributed by atoms with Gasteiger partial charge in [0.25, 0.3) is 0 Å². The molecule has 1 saturated heterocycles. The summed E-state index contributed by atoms with van der Waals surface area (Å²) in [6.07, 6.45) is 13.2. The summed E-state index contributed by atoms with van der Waals surface area (Å²) in [5.41, 5.74) is 2.93. The van der Waals surface area contributed by atoms with Crippen molar-refractivity contribution in [1.29, 1.82) is 0 Å². The number of ether oxygens (including phenoxy) is 1. The van der Waals surface area contributed by atoms with E-state index >= 15 is 0 Å². The van der Waals surface area contributed by atoms with Crippen LogP contribution in [0.5, 0.6) is 0 Å². The van der Waals surface area contributed by atoms with Crippen LogP contribution < -0.4 is 0 Å². The second-order valence-corrected chi connectivity index (χ2v) is 7.76. The van der Waals surface area contributed by atoms with Crippen molar-refractivity contribution in [3.05, 3.63) is 48.0 Å². The van der Waals surface area contributed by atoms with Gasteiger partial charge in [-0.2, -0.15) is 0 Å². The average Bonchev–Trinajstić information content (AvgIpc) is 2.61. The fourth-order valence-corrected chi connectivity index (χ4v) is 4.33. The van der Waals surface area contributed by atoms with E-state index in [1.165, 1.54) is 56.9 Å². The predicted octanol–water partition coefficient (Wildman–Crippen LogP) is 6.03. The molecule has 0 amide bonds. The molecule has 1 saturated carbocycles. The van der Waals surface area contributed by atoms with E-state index in [0.717, 1.165) is 24.4 Å². The number of aryl methyl sites for hydroxylation is 1. The van der Waals surface area contributed by atoms with Crippen LogP contribution in [0.1, 0.15) is 68.4 Å². The van der Waals surface area contributed by atoms with Crippen molar-refractivity contribution in [3.63, 3.8) is 0 Å².